The van der Waals surface area contributed by atoms with Crippen LogP contribution in [0.5, 0.6) is 0 Å². The Morgan fingerprint density at radius 3 is 2.71 bits per heavy atom. The molecule has 0 bridgehead atoms. The SMILES string of the molecule is Cl.NC(=O)C1=CCOC1C=Cc1ccccc1. The highest BCUT2D eigenvalue weighted by molar-refractivity contribution is 5.94. The number of ether oxygens (including phenoxy) is 1. The van der Waals surface area contributed by atoms with Crippen molar-refractivity contribution in [3.63, 3.8) is 0 Å². The summed E-state index contributed by atoms with van der Waals surface area (Å²) >= 11 is 0. The van der Waals surface area contributed by atoms with Crippen molar-refractivity contribution in [2.45, 2.75) is 6.10 Å². The molecule has 1 atom stereocenters. The minimum absolute atomic E-state index is 0. The maximum atomic E-state index is 11.1. The summed E-state index contributed by atoms with van der Waals surface area (Å²) in [6.45, 7) is 0.446. The van der Waals surface area contributed by atoms with E-state index in [-0.39, 0.29) is 18.5 Å². The maximum Gasteiger partial charge on any atom is 0.247 e. The summed E-state index contributed by atoms with van der Waals surface area (Å²) in [6.07, 6.45) is 5.19. The number of carbonyl (C=O) groups excluding carboxylic acids is 1. The second-order valence-electron chi connectivity index (χ2n) is 3.55. The molecule has 90 valence electrons. The highest BCUT2D eigenvalue weighted by Gasteiger charge is 2.21. The Labute approximate surface area is 106 Å². The van der Waals surface area contributed by atoms with Crippen LogP contribution in [-0.4, -0.2) is 18.6 Å². The number of amides is 1. The molecular weight excluding hydrogens is 238 g/mol. The van der Waals surface area contributed by atoms with Gasteiger partial charge in [-0.15, -0.1) is 12.4 Å². The van der Waals surface area contributed by atoms with Crippen molar-refractivity contribution in [1.29, 1.82) is 0 Å². The molecule has 3 nitrogen and oxygen atoms in total. The van der Waals surface area contributed by atoms with Crippen LogP contribution in [0.2, 0.25) is 0 Å². The summed E-state index contributed by atoms with van der Waals surface area (Å²) in [5, 5.41) is 0. The Hall–Kier alpha value is -1.58. The quantitative estimate of drug-likeness (QED) is 0.893. The van der Waals surface area contributed by atoms with E-state index in [2.05, 4.69) is 0 Å². The van der Waals surface area contributed by atoms with E-state index in [1.165, 1.54) is 0 Å². The number of hydrogen-bond donors (Lipinski definition) is 1. The van der Waals surface area contributed by atoms with Gasteiger partial charge in [-0.2, -0.15) is 0 Å². The van der Waals surface area contributed by atoms with Crippen LogP contribution in [0.1, 0.15) is 5.56 Å². The lowest BCUT2D eigenvalue weighted by molar-refractivity contribution is -0.115. The largest absolute Gasteiger partial charge is 0.366 e. The summed E-state index contributed by atoms with van der Waals surface area (Å²) in [6, 6.07) is 9.84. The van der Waals surface area contributed by atoms with Gasteiger partial charge in [0.25, 0.3) is 0 Å². The van der Waals surface area contributed by atoms with Crippen LogP contribution in [-0.2, 0) is 9.53 Å². The molecule has 1 unspecified atom stereocenters. The first kappa shape index (κ1) is 13.5. The number of hydrogen-bond acceptors (Lipinski definition) is 2. The van der Waals surface area contributed by atoms with Crippen LogP contribution < -0.4 is 5.73 Å². The Kier molecular flexibility index (Phi) is 4.94. The number of halogens is 1. The number of primary amides is 1. The molecule has 0 radical (unpaired) electrons. The number of carbonyl (C=O) groups is 1. The topological polar surface area (TPSA) is 52.3 Å². The Balaban J connectivity index is 0.00000144. The Bertz CT molecular complexity index is 440. The molecule has 1 aliphatic rings. The van der Waals surface area contributed by atoms with Crippen molar-refractivity contribution in [3.05, 3.63) is 53.6 Å². The molecule has 1 aliphatic heterocycles. The average molecular weight is 252 g/mol. The van der Waals surface area contributed by atoms with Crippen LogP contribution in [0.3, 0.4) is 0 Å². The lowest BCUT2D eigenvalue weighted by Crippen LogP contribution is -2.21. The van der Waals surface area contributed by atoms with Gasteiger partial charge in [0.15, 0.2) is 0 Å². The van der Waals surface area contributed by atoms with Gasteiger partial charge < -0.3 is 10.5 Å². The first-order valence-corrected chi connectivity index (χ1v) is 5.12. The van der Waals surface area contributed by atoms with E-state index in [9.17, 15) is 4.79 Å². The number of benzene rings is 1. The molecule has 17 heavy (non-hydrogen) atoms. The first-order valence-electron chi connectivity index (χ1n) is 5.12. The summed E-state index contributed by atoms with van der Waals surface area (Å²) in [4.78, 5) is 11.1. The normalized spacial score (nSPS) is 18.8. The van der Waals surface area contributed by atoms with Crippen molar-refractivity contribution < 1.29 is 9.53 Å². The third-order valence-corrected chi connectivity index (χ3v) is 2.43. The van der Waals surface area contributed by atoms with Gasteiger partial charge in [0.1, 0.15) is 6.10 Å². The molecule has 4 heteroatoms. The molecule has 0 spiro atoms. The van der Waals surface area contributed by atoms with Crippen molar-refractivity contribution >= 4 is 24.4 Å². The van der Waals surface area contributed by atoms with E-state index >= 15 is 0 Å². The summed E-state index contributed by atoms with van der Waals surface area (Å²) in [5.41, 5.74) is 6.84. The second kappa shape index (κ2) is 6.23. The maximum absolute atomic E-state index is 11.1. The monoisotopic (exact) mass is 251 g/mol. The molecule has 0 saturated carbocycles. The van der Waals surface area contributed by atoms with E-state index in [1.54, 1.807) is 6.08 Å². The first-order chi connectivity index (χ1) is 7.77. The number of nitrogens with two attached hydrogens (primary N) is 1. The van der Waals surface area contributed by atoms with E-state index in [4.69, 9.17) is 10.5 Å². The van der Waals surface area contributed by atoms with E-state index < -0.39 is 5.91 Å². The van der Waals surface area contributed by atoms with Gasteiger partial charge in [0, 0.05) is 5.57 Å². The van der Waals surface area contributed by atoms with Gasteiger partial charge in [0.05, 0.1) is 6.61 Å². The molecule has 1 amide bonds. The predicted molar refractivity (Wildman–Crippen MR) is 69.7 cm³/mol. The molecule has 0 saturated heterocycles. The van der Waals surface area contributed by atoms with Crippen molar-refractivity contribution in [3.8, 4) is 0 Å². The standard InChI is InChI=1S/C13H13NO2.ClH/c14-13(15)11-8-9-16-12(11)7-6-10-4-2-1-3-5-10;/h1-8,12H,9H2,(H2,14,15);1H. The van der Waals surface area contributed by atoms with Crippen molar-refractivity contribution in [1.82, 2.24) is 0 Å². The molecule has 2 N–H and O–H groups in total. The molecule has 1 aromatic carbocycles. The van der Waals surface area contributed by atoms with Crippen LogP contribution in [0.15, 0.2) is 48.1 Å². The molecule has 1 heterocycles. The smallest absolute Gasteiger partial charge is 0.247 e. The molecule has 0 aromatic heterocycles. The molecule has 1 aromatic rings. The highest BCUT2D eigenvalue weighted by atomic mass is 35.5. The lowest BCUT2D eigenvalue weighted by Gasteiger charge is -2.06. The third kappa shape index (κ3) is 3.44. The summed E-state index contributed by atoms with van der Waals surface area (Å²) in [5.74, 6) is -0.416. The van der Waals surface area contributed by atoms with Crippen LogP contribution >= 0.6 is 12.4 Å². The molecule has 0 aliphatic carbocycles. The second-order valence-corrected chi connectivity index (χ2v) is 3.55. The fraction of sp³-hybridized carbons (Fsp3) is 0.154. The van der Waals surface area contributed by atoms with Crippen LogP contribution in [0.25, 0.3) is 6.08 Å². The fourth-order valence-electron chi connectivity index (χ4n) is 1.61. The Morgan fingerprint density at radius 2 is 2.06 bits per heavy atom. The average Bonchev–Trinajstić information content (AvgIpc) is 2.76. The van der Waals surface area contributed by atoms with E-state index in [0.717, 1.165) is 5.56 Å². The number of rotatable bonds is 3. The Morgan fingerprint density at radius 1 is 1.35 bits per heavy atom. The zero-order valence-corrected chi connectivity index (χ0v) is 10.0. The summed E-state index contributed by atoms with van der Waals surface area (Å²) < 4.78 is 5.37. The minimum atomic E-state index is -0.416. The predicted octanol–water partition coefficient (Wildman–Crippen LogP) is 1.93. The van der Waals surface area contributed by atoms with Crippen LogP contribution in [0.4, 0.5) is 0 Å². The molecule has 2 rings (SSSR count). The van der Waals surface area contributed by atoms with E-state index in [0.29, 0.717) is 12.2 Å². The zero-order chi connectivity index (χ0) is 11.4. The minimum Gasteiger partial charge on any atom is -0.366 e. The molecular formula is C13H14ClNO2. The van der Waals surface area contributed by atoms with Gasteiger partial charge in [-0.1, -0.05) is 42.5 Å². The fourth-order valence-corrected chi connectivity index (χ4v) is 1.61. The highest BCUT2D eigenvalue weighted by Crippen LogP contribution is 2.16. The van der Waals surface area contributed by atoms with Gasteiger partial charge in [-0.05, 0) is 11.6 Å². The summed E-state index contributed by atoms with van der Waals surface area (Å²) in [7, 11) is 0. The van der Waals surface area contributed by atoms with Gasteiger partial charge in [0.2, 0.25) is 5.91 Å². The zero-order valence-electron chi connectivity index (χ0n) is 9.21. The molecule has 0 fully saturated rings. The van der Waals surface area contributed by atoms with E-state index in [1.807, 2.05) is 42.5 Å². The lowest BCUT2D eigenvalue weighted by atomic mass is 10.1. The van der Waals surface area contributed by atoms with Gasteiger partial charge in [-0.3, -0.25) is 4.79 Å². The van der Waals surface area contributed by atoms with Gasteiger partial charge in [-0.25, -0.2) is 0 Å². The third-order valence-electron chi connectivity index (χ3n) is 2.43. The van der Waals surface area contributed by atoms with Crippen molar-refractivity contribution in [2.75, 3.05) is 6.61 Å². The van der Waals surface area contributed by atoms with Gasteiger partial charge >= 0.3 is 0 Å². The van der Waals surface area contributed by atoms with Crippen LogP contribution in [0, 0.1) is 0 Å². The van der Waals surface area contributed by atoms with Crippen molar-refractivity contribution in [2.24, 2.45) is 5.73 Å².